The van der Waals surface area contributed by atoms with Crippen LogP contribution < -0.4 is 10.6 Å². The highest BCUT2D eigenvalue weighted by Gasteiger charge is 2.09. The Morgan fingerprint density at radius 3 is 2.45 bits per heavy atom. The molecule has 0 aliphatic rings. The minimum absolute atomic E-state index is 0.0718. The van der Waals surface area contributed by atoms with E-state index in [-0.39, 0.29) is 24.8 Å². The highest BCUT2D eigenvalue weighted by Crippen LogP contribution is 2.22. The maximum atomic E-state index is 11.9. The van der Waals surface area contributed by atoms with Crippen LogP contribution in [-0.2, 0) is 16.0 Å². The molecule has 0 spiro atoms. The van der Waals surface area contributed by atoms with Gasteiger partial charge >= 0.3 is 0 Å². The van der Waals surface area contributed by atoms with Gasteiger partial charge in [-0.05, 0) is 30.2 Å². The second-order valence-corrected chi connectivity index (χ2v) is 5.31. The van der Waals surface area contributed by atoms with Gasteiger partial charge in [0.1, 0.15) is 0 Å². The fraction of sp³-hybridized carbons (Fsp3) is 0.176. The molecule has 0 aliphatic heterocycles. The summed E-state index contributed by atoms with van der Waals surface area (Å²) < 4.78 is 0. The van der Waals surface area contributed by atoms with Crippen LogP contribution in [0.5, 0.6) is 0 Å². The van der Waals surface area contributed by atoms with Crippen molar-refractivity contribution in [3.8, 4) is 0 Å². The lowest BCUT2D eigenvalue weighted by Crippen LogP contribution is -2.33. The third-order valence-corrected chi connectivity index (χ3v) is 3.60. The first-order valence-corrected chi connectivity index (χ1v) is 7.29. The van der Waals surface area contributed by atoms with Crippen LogP contribution in [0.2, 0.25) is 5.02 Å². The van der Waals surface area contributed by atoms with Gasteiger partial charge in [-0.3, -0.25) is 9.59 Å². The Kier molecular flexibility index (Phi) is 5.55. The molecule has 0 heterocycles. The van der Waals surface area contributed by atoms with Crippen molar-refractivity contribution in [2.75, 3.05) is 11.9 Å². The van der Waals surface area contributed by atoms with Crippen LogP contribution >= 0.6 is 11.6 Å². The Labute approximate surface area is 134 Å². The van der Waals surface area contributed by atoms with Crippen molar-refractivity contribution in [2.24, 2.45) is 0 Å². The minimum atomic E-state index is -0.285. The molecule has 0 atom stereocenters. The Bertz CT molecular complexity index is 672. The van der Waals surface area contributed by atoms with Crippen molar-refractivity contribution in [1.29, 1.82) is 0 Å². The summed E-state index contributed by atoms with van der Waals surface area (Å²) in [4.78, 5) is 23.6. The molecule has 0 bridgehead atoms. The average molecular weight is 317 g/mol. The molecule has 0 unspecified atom stereocenters. The largest absolute Gasteiger partial charge is 0.347 e. The average Bonchev–Trinajstić information content (AvgIpc) is 2.51. The van der Waals surface area contributed by atoms with E-state index in [0.29, 0.717) is 10.7 Å². The van der Waals surface area contributed by atoms with Gasteiger partial charge in [-0.15, -0.1) is 0 Å². The molecular weight excluding hydrogens is 300 g/mol. The van der Waals surface area contributed by atoms with Gasteiger partial charge in [0.2, 0.25) is 11.8 Å². The monoisotopic (exact) mass is 316 g/mol. The number of carbonyl (C=O) groups is 2. The predicted octanol–water partition coefficient (Wildman–Crippen LogP) is 2.95. The Morgan fingerprint density at radius 2 is 1.73 bits per heavy atom. The predicted molar refractivity (Wildman–Crippen MR) is 88.0 cm³/mol. The maximum absolute atomic E-state index is 11.9. The molecule has 0 saturated heterocycles. The maximum Gasteiger partial charge on any atom is 0.243 e. The van der Waals surface area contributed by atoms with Crippen LogP contribution in [0.15, 0.2) is 48.5 Å². The van der Waals surface area contributed by atoms with E-state index in [1.165, 1.54) is 0 Å². The van der Waals surface area contributed by atoms with Gasteiger partial charge in [-0.1, -0.05) is 48.0 Å². The van der Waals surface area contributed by atoms with Gasteiger partial charge in [-0.2, -0.15) is 0 Å². The lowest BCUT2D eigenvalue weighted by Gasteiger charge is -2.10. The van der Waals surface area contributed by atoms with Crippen LogP contribution in [0.3, 0.4) is 0 Å². The van der Waals surface area contributed by atoms with Crippen molar-refractivity contribution < 1.29 is 9.59 Å². The molecule has 4 nitrogen and oxygen atoms in total. The number of benzene rings is 2. The molecule has 22 heavy (non-hydrogen) atoms. The molecule has 2 amide bonds. The van der Waals surface area contributed by atoms with Crippen molar-refractivity contribution in [3.63, 3.8) is 0 Å². The van der Waals surface area contributed by atoms with E-state index in [1.54, 1.807) is 18.2 Å². The smallest absolute Gasteiger partial charge is 0.243 e. The summed E-state index contributed by atoms with van der Waals surface area (Å²) in [6, 6.07) is 14.7. The molecule has 0 saturated carbocycles. The number of carbonyl (C=O) groups excluding carboxylic acids is 2. The van der Waals surface area contributed by atoms with E-state index in [9.17, 15) is 9.59 Å². The number of anilines is 1. The van der Waals surface area contributed by atoms with Gasteiger partial charge in [0, 0.05) is 10.7 Å². The zero-order valence-electron chi connectivity index (χ0n) is 12.2. The van der Waals surface area contributed by atoms with E-state index in [4.69, 9.17) is 11.6 Å². The van der Waals surface area contributed by atoms with Crippen molar-refractivity contribution in [3.05, 3.63) is 64.7 Å². The lowest BCUT2D eigenvalue weighted by molar-refractivity contribution is -0.123. The molecule has 5 heteroatoms. The molecule has 2 aromatic carbocycles. The Morgan fingerprint density at radius 1 is 1.00 bits per heavy atom. The number of nitrogens with one attached hydrogen (secondary N) is 2. The minimum Gasteiger partial charge on any atom is -0.347 e. The lowest BCUT2D eigenvalue weighted by atomic mass is 10.1. The highest BCUT2D eigenvalue weighted by molar-refractivity contribution is 6.31. The molecule has 0 aliphatic carbocycles. The number of hydrogen-bond acceptors (Lipinski definition) is 2. The first-order chi connectivity index (χ1) is 10.6. The fourth-order valence-electron chi connectivity index (χ4n) is 1.96. The molecule has 0 aromatic heterocycles. The molecule has 2 N–H and O–H groups in total. The molecule has 114 valence electrons. The summed E-state index contributed by atoms with van der Waals surface area (Å²) in [5, 5.41) is 5.92. The summed E-state index contributed by atoms with van der Waals surface area (Å²) in [5.41, 5.74) is 2.36. The molecular formula is C17H17ClN2O2. The molecule has 0 radical (unpaired) electrons. The standard InChI is InChI=1S/C17H17ClN2O2/c1-12-14(18)8-5-9-15(12)20-17(22)11-19-16(21)10-13-6-3-2-4-7-13/h2-9H,10-11H2,1H3,(H,19,21)(H,20,22). The Balaban J connectivity index is 1.83. The zero-order valence-corrected chi connectivity index (χ0v) is 13.0. The molecule has 2 rings (SSSR count). The quantitative estimate of drug-likeness (QED) is 0.891. The van der Waals surface area contributed by atoms with Gasteiger partial charge in [-0.25, -0.2) is 0 Å². The van der Waals surface area contributed by atoms with Crippen molar-refractivity contribution in [1.82, 2.24) is 5.32 Å². The zero-order chi connectivity index (χ0) is 15.9. The first-order valence-electron chi connectivity index (χ1n) is 6.92. The summed E-state index contributed by atoms with van der Waals surface area (Å²) >= 11 is 5.99. The first kappa shape index (κ1) is 16.0. The fourth-order valence-corrected chi connectivity index (χ4v) is 2.13. The van der Waals surface area contributed by atoms with Crippen LogP contribution in [-0.4, -0.2) is 18.4 Å². The third-order valence-electron chi connectivity index (χ3n) is 3.20. The number of rotatable bonds is 5. The van der Waals surface area contributed by atoms with Crippen LogP contribution in [0.1, 0.15) is 11.1 Å². The second kappa shape index (κ2) is 7.61. The van der Waals surface area contributed by atoms with E-state index >= 15 is 0 Å². The van der Waals surface area contributed by atoms with Crippen molar-refractivity contribution in [2.45, 2.75) is 13.3 Å². The Hall–Kier alpha value is -2.33. The van der Waals surface area contributed by atoms with Crippen molar-refractivity contribution >= 4 is 29.1 Å². The van der Waals surface area contributed by atoms with E-state index in [2.05, 4.69) is 10.6 Å². The van der Waals surface area contributed by atoms with Crippen LogP contribution in [0, 0.1) is 6.92 Å². The number of hydrogen-bond donors (Lipinski definition) is 2. The SMILES string of the molecule is Cc1c(Cl)cccc1NC(=O)CNC(=O)Cc1ccccc1. The van der Waals surface area contributed by atoms with E-state index in [0.717, 1.165) is 11.1 Å². The summed E-state index contributed by atoms with van der Waals surface area (Å²) in [7, 11) is 0. The highest BCUT2D eigenvalue weighted by atomic mass is 35.5. The third kappa shape index (κ3) is 4.60. The topological polar surface area (TPSA) is 58.2 Å². The van der Waals surface area contributed by atoms with Gasteiger partial charge in [0.05, 0.1) is 13.0 Å². The number of amides is 2. The molecule has 2 aromatic rings. The van der Waals surface area contributed by atoms with Gasteiger partial charge in [0.15, 0.2) is 0 Å². The van der Waals surface area contributed by atoms with Crippen LogP contribution in [0.25, 0.3) is 0 Å². The van der Waals surface area contributed by atoms with Crippen LogP contribution in [0.4, 0.5) is 5.69 Å². The molecule has 0 fully saturated rings. The number of halogens is 1. The second-order valence-electron chi connectivity index (χ2n) is 4.90. The normalized spacial score (nSPS) is 10.1. The van der Waals surface area contributed by atoms with Gasteiger partial charge in [0.25, 0.3) is 0 Å². The summed E-state index contributed by atoms with van der Waals surface area (Å²) in [5.74, 6) is -0.476. The van der Waals surface area contributed by atoms with Gasteiger partial charge < -0.3 is 10.6 Å². The van der Waals surface area contributed by atoms with E-state index in [1.807, 2.05) is 37.3 Å². The van der Waals surface area contributed by atoms with E-state index < -0.39 is 0 Å². The summed E-state index contributed by atoms with van der Waals surface area (Å²) in [6.45, 7) is 1.75. The summed E-state index contributed by atoms with van der Waals surface area (Å²) in [6.07, 6.45) is 0.254.